The fraction of sp³-hybridized carbons (Fsp3) is 0.680. The molecule has 1 aromatic rings. The van der Waals surface area contributed by atoms with E-state index in [1.807, 2.05) is 13.8 Å². The summed E-state index contributed by atoms with van der Waals surface area (Å²) in [6.45, 7) is 5.98. The third-order valence-electron chi connectivity index (χ3n) is 8.06. The average Bonchev–Trinajstić information content (AvgIpc) is 2.76. The van der Waals surface area contributed by atoms with Crippen molar-refractivity contribution >= 4 is 12.0 Å². The number of halogens is 2. The number of aliphatic hydroxyl groups excluding tert-OH is 2. The monoisotopic (exact) mass is 482 g/mol. The first-order valence-electron chi connectivity index (χ1n) is 12.0. The van der Waals surface area contributed by atoms with Gasteiger partial charge in [0, 0.05) is 31.0 Å². The number of amides is 2. The quantitative estimate of drug-likeness (QED) is 0.477. The van der Waals surface area contributed by atoms with Crippen molar-refractivity contribution < 1.29 is 33.3 Å². The van der Waals surface area contributed by atoms with Gasteiger partial charge in [0.2, 0.25) is 5.91 Å². The Morgan fingerprint density at radius 2 is 1.79 bits per heavy atom. The summed E-state index contributed by atoms with van der Waals surface area (Å²) in [7, 11) is 0. The molecule has 0 spiro atoms. The summed E-state index contributed by atoms with van der Waals surface area (Å²) < 4.78 is 32.5. The molecule has 2 aliphatic rings. The number of hydrogen-bond acceptors (Lipinski definition) is 5. The number of nitrogens with one attached hydrogen (secondary N) is 2. The van der Waals surface area contributed by atoms with Crippen LogP contribution in [-0.4, -0.2) is 47.6 Å². The molecular formula is C25H36F2N2O5. The molecule has 7 nitrogen and oxygen atoms in total. The molecule has 34 heavy (non-hydrogen) atoms. The summed E-state index contributed by atoms with van der Waals surface area (Å²) in [6.07, 6.45) is 0.612. The molecule has 1 aromatic carbocycles. The lowest BCUT2D eigenvalue weighted by Gasteiger charge is -2.60. The number of fused-ring (bicyclic) bond motifs is 1. The second-order valence-corrected chi connectivity index (χ2v) is 10.2. The minimum atomic E-state index is -0.716. The van der Waals surface area contributed by atoms with Crippen molar-refractivity contribution in [2.45, 2.75) is 71.6 Å². The first kappa shape index (κ1) is 26.3. The molecular weight excluding hydrogens is 446 g/mol. The summed E-state index contributed by atoms with van der Waals surface area (Å²) in [6, 6.07) is 3.10. The van der Waals surface area contributed by atoms with Gasteiger partial charge in [0.1, 0.15) is 17.7 Å². The van der Waals surface area contributed by atoms with E-state index in [2.05, 4.69) is 10.6 Å². The van der Waals surface area contributed by atoms with Gasteiger partial charge in [-0.05, 0) is 67.6 Å². The molecule has 0 saturated heterocycles. The van der Waals surface area contributed by atoms with Gasteiger partial charge in [-0.15, -0.1) is 0 Å². The number of hydrogen-bond donors (Lipinski definition) is 4. The van der Waals surface area contributed by atoms with Gasteiger partial charge >= 0.3 is 6.09 Å². The molecule has 3 rings (SSSR count). The van der Waals surface area contributed by atoms with Gasteiger partial charge in [-0.2, -0.15) is 0 Å². The first-order valence-corrected chi connectivity index (χ1v) is 12.0. The summed E-state index contributed by atoms with van der Waals surface area (Å²) >= 11 is 0. The van der Waals surface area contributed by atoms with E-state index in [-0.39, 0.29) is 37.3 Å². The molecule has 2 aliphatic carbocycles. The Morgan fingerprint density at radius 1 is 1.12 bits per heavy atom. The van der Waals surface area contributed by atoms with Gasteiger partial charge in [-0.1, -0.05) is 13.8 Å². The van der Waals surface area contributed by atoms with Crippen molar-refractivity contribution in [3.05, 3.63) is 35.4 Å². The van der Waals surface area contributed by atoms with Crippen molar-refractivity contribution in [2.24, 2.45) is 22.7 Å². The fourth-order valence-electron chi connectivity index (χ4n) is 6.28. The Kier molecular flexibility index (Phi) is 8.18. The Hall–Kier alpha value is -2.26. The lowest BCUT2D eigenvalue weighted by atomic mass is 9.46. The molecule has 0 heterocycles. The number of rotatable bonds is 7. The minimum absolute atomic E-state index is 0.0206. The summed E-state index contributed by atoms with van der Waals surface area (Å²) in [5.41, 5.74) is -0.861. The van der Waals surface area contributed by atoms with Crippen LogP contribution >= 0.6 is 0 Å². The molecule has 2 fully saturated rings. The molecule has 190 valence electrons. The number of carbonyl (C=O) groups is 2. The molecule has 0 unspecified atom stereocenters. The van der Waals surface area contributed by atoms with Gasteiger partial charge in [0.25, 0.3) is 0 Å². The maximum Gasteiger partial charge on any atom is 0.407 e. The molecule has 4 N–H and O–H groups in total. The third-order valence-corrected chi connectivity index (χ3v) is 8.06. The fourth-order valence-corrected chi connectivity index (χ4v) is 6.28. The third kappa shape index (κ3) is 5.35. The Balaban J connectivity index is 1.73. The Morgan fingerprint density at radius 3 is 2.41 bits per heavy atom. The van der Waals surface area contributed by atoms with E-state index in [1.54, 1.807) is 6.92 Å². The highest BCUT2D eigenvalue weighted by atomic mass is 19.1. The van der Waals surface area contributed by atoms with E-state index in [9.17, 15) is 28.6 Å². The van der Waals surface area contributed by atoms with Crippen LogP contribution in [0.25, 0.3) is 0 Å². The highest BCUT2D eigenvalue weighted by molar-refractivity contribution is 5.76. The predicted octanol–water partition coefficient (Wildman–Crippen LogP) is 3.27. The molecule has 9 heteroatoms. The molecule has 0 aromatic heterocycles. The van der Waals surface area contributed by atoms with E-state index >= 15 is 0 Å². The van der Waals surface area contributed by atoms with Crippen LogP contribution in [0.4, 0.5) is 13.6 Å². The van der Waals surface area contributed by atoms with Crippen LogP contribution < -0.4 is 10.6 Å². The number of ether oxygens (including phenoxy) is 1. The minimum Gasteiger partial charge on any atom is -0.446 e. The standard InChI is InChI=1S/C25H36F2N2O5/c1-4-28-23(33)34-21-7-8-24(2)18(19(31)5-6-20(24)25(21,3)14-30)12-22(32)29-13-15-9-16(26)11-17(27)10-15/h9-11,18-21,30-31H,4-8,12-14H2,1-3H3,(H,28,33)(H,29,32)/t18-,19-,20+,21-,24+,25+/m1/s1. The van der Waals surface area contributed by atoms with Crippen molar-refractivity contribution in [1.82, 2.24) is 10.6 Å². The van der Waals surface area contributed by atoms with Crippen molar-refractivity contribution in [2.75, 3.05) is 13.2 Å². The highest BCUT2D eigenvalue weighted by Crippen LogP contribution is 2.61. The van der Waals surface area contributed by atoms with Crippen LogP contribution in [0, 0.1) is 34.3 Å². The van der Waals surface area contributed by atoms with Crippen LogP contribution in [0.3, 0.4) is 0 Å². The molecule has 0 bridgehead atoms. The Labute approximate surface area is 199 Å². The lowest BCUT2D eigenvalue weighted by molar-refractivity contribution is -0.185. The predicted molar refractivity (Wildman–Crippen MR) is 122 cm³/mol. The van der Waals surface area contributed by atoms with Crippen LogP contribution in [0.15, 0.2) is 18.2 Å². The lowest BCUT2D eigenvalue weighted by Crippen LogP contribution is -2.61. The maximum absolute atomic E-state index is 13.4. The van der Waals surface area contributed by atoms with E-state index in [0.29, 0.717) is 37.8 Å². The van der Waals surface area contributed by atoms with Gasteiger partial charge < -0.3 is 25.6 Å². The van der Waals surface area contributed by atoms with Gasteiger partial charge in [-0.25, -0.2) is 13.6 Å². The smallest absolute Gasteiger partial charge is 0.407 e. The van der Waals surface area contributed by atoms with Gasteiger partial charge in [0.15, 0.2) is 0 Å². The molecule has 0 aliphatic heterocycles. The highest BCUT2D eigenvalue weighted by Gasteiger charge is 2.60. The van der Waals surface area contributed by atoms with Gasteiger partial charge in [0.05, 0.1) is 12.7 Å². The topological polar surface area (TPSA) is 108 Å². The first-order chi connectivity index (χ1) is 16.0. The molecule has 2 saturated carbocycles. The van der Waals surface area contributed by atoms with E-state index in [0.717, 1.165) is 6.07 Å². The summed E-state index contributed by atoms with van der Waals surface area (Å²) in [4.78, 5) is 24.9. The van der Waals surface area contributed by atoms with Crippen LogP contribution in [0.5, 0.6) is 0 Å². The van der Waals surface area contributed by atoms with Crippen molar-refractivity contribution in [1.29, 1.82) is 0 Å². The summed E-state index contributed by atoms with van der Waals surface area (Å²) in [5, 5.41) is 26.6. The van der Waals surface area contributed by atoms with Gasteiger partial charge in [-0.3, -0.25) is 4.79 Å². The van der Waals surface area contributed by atoms with Crippen LogP contribution in [0.1, 0.15) is 58.4 Å². The van der Waals surface area contributed by atoms with Crippen LogP contribution in [-0.2, 0) is 16.1 Å². The van der Waals surface area contributed by atoms with E-state index < -0.39 is 40.8 Å². The number of aliphatic hydroxyl groups is 2. The summed E-state index contributed by atoms with van der Waals surface area (Å²) in [5.74, 6) is -2.18. The Bertz CT molecular complexity index is 880. The zero-order valence-electron chi connectivity index (χ0n) is 20.1. The number of alkyl carbamates (subject to hydrolysis) is 1. The van der Waals surface area contributed by atoms with Crippen LogP contribution in [0.2, 0.25) is 0 Å². The SMILES string of the molecule is CCNC(=O)O[C@@H]1CC[C@]2(C)[C@H](CC[C@@H](O)[C@H]2CC(=O)NCc2cc(F)cc(F)c2)[C@]1(C)CO. The maximum atomic E-state index is 13.4. The number of carbonyl (C=O) groups excluding carboxylic acids is 2. The normalized spacial score (nSPS) is 33.0. The molecule has 0 radical (unpaired) electrons. The number of benzene rings is 1. The zero-order chi connectivity index (χ0) is 25.1. The van der Waals surface area contributed by atoms with Crippen molar-refractivity contribution in [3.8, 4) is 0 Å². The van der Waals surface area contributed by atoms with E-state index in [1.165, 1.54) is 12.1 Å². The zero-order valence-corrected chi connectivity index (χ0v) is 20.1. The molecule has 6 atom stereocenters. The second kappa shape index (κ2) is 10.6. The second-order valence-electron chi connectivity index (χ2n) is 10.2. The largest absolute Gasteiger partial charge is 0.446 e. The average molecular weight is 483 g/mol. The molecule has 2 amide bonds. The van der Waals surface area contributed by atoms with E-state index in [4.69, 9.17) is 4.74 Å². The van der Waals surface area contributed by atoms with Crippen molar-refractivity contribution in [3.63, 3.8) is 0 Å².